The molecule has 1 aromatic heterocycles. The predicted molar refractivity (Wildman–Crippen MR) is 81.8 cm³/mol. The normalized spacial score (nSPS) is 19.1. The summed E-state index contributed by atoms with van der Waals surface area (Å²) in [6.45, 7) is 4.27. The van der Waals surface area contributed by atoms with Gasteiger partial charge in [0.2, 0.25) is 0 Å². The summed E-state index contributed by atoms with van der Waals surface area (Å²) in [6.07, 6.45) is 1.16. The molecule has 0 spiro atoms. The van der Waals surface area contributed by atoms with Gasteiger partial charge in [0.05, 0.1) is 16.6 Å². The van der Waals surface area contributed by atoms with E-state index in [-0.39, 0.29) is 0 Å². The Hall–Kier alpha value is -1.49. The number of aromatic nitrogens is 2. The van der Waals surface area contributed by atoms with Gasteiger partial charge in [0.1, 0.15) is 5.82 Å². The van der Waals surface area contributed by atoms with E-state index in [1.807, 2.05) is 17.8 Å². The highest BCUT2D eigenvalue weighted by atomic mass is 32.2. The molecule has 5 heteroatoms. The molecule has 20 heavy (non-hydrogen) atoms. The van der Waals surface area contributed by atoms with E-state index in [0.717, 1.165) is 29.0 Å². The predicted octanol–water partition coefficient (Wildman–Crippen LogP) is 3.54. The van der Waals surface area contributed by atoms with Crippen LogP contribution in [0.5, 0.6) is 0 Å². The second-order valence-corrected chi connectivity index (χ2v) is 6.67. The summed E-state index contributed by atoms with van der Waals surface area (Å²) in [6, 6.07) is 5.75. The minimum absolute atomic E-state index is 0.304. The van der Waals surface area contributed by atoms with Crippen molar-refractivity contribution in [2.24, 2.45) is 0 Å². The van der Waals surface area contributed by atoms with Crippen LogP contribution in [0.15, 0.2) is 18.2 Å². The highest BCUT2D eigenvalue weighted by Gasteiger charge is 2.24. The number of benzene rings is 1. The van der Waals surface area contributed by atoms with Crippen molar-refractivity contribution >= 4 is 28.8 Å². The van der Waals surface area contributed by atoms with Crippen LogP contribution in [-0.2, 0) is 0 Å². The van der Waals surface area contributed by atoms with Gasteiger partial charge in [-0.1, -0.05) is 13.8 Å². The van der Waals surface area contributed by atoms with Gasteiger partial charge in [-0.05, 0) is 30.4 Å². The zero-order valence-corrected chi connectivity index (χ0v) is 12.5. The number of carboxylic acids is 1. The van der Waals surface area contributed by atoms with Crippen molar-refractivity contribution in [3.05, 3.63) is 29.6 Å². The maximum atomic E-state index is 11.1. The van der Waals surface area contributed by atoms with Crippen LogP contribution < -0.4 is 0 Å². The van der Waals surface area contributed by atoms with Gasteiger partial charge in [0.25, 0.3) is 0 Å². The molecule has 1 aliphatic heterocycles. The number of thioether (sulfide) groups is 1. The van der Waals surface area contributed by atoms with E-state index in [4.69, 9.17) is 10.1 Å². The van der Waals surface area contributed by atoms with Gasteiger partial charge in [-0.15, -0.1) is 0 Å². The maximum Gasteiger partial charge on any atom is 0.335 e. The van der Waals surface area contributed by atoms with Crippen LogP contribution in [0.3, 0.4) is 0 Å². The molecule has 2 aromatic rings. The molecule has 4 nitrogen and oxygen atoms in total. The van der Waals surface area contributed by atoms with Gasteiger partial charge in [0.15, 0.2) is 0 Å². The van der Waals surface area contributed by atoms with Crippen molar-refractivity contribution in [2.75, 3.05) is 11.5 Å². The van der Waals surface area contributed by atoms with E-state index < -0.39 is 5.97 Å². The highest BCUT2D eigenvalue weighted by Crippen LogP contribution is 2.34. The quantitative estimate of drug-likeness (QED) is 0.939. The van der Waals surface area contributed by atoms with E-state index >= 15 is 0 Å². The third kappa shape index (κ3) is 2.20. The summed E-state index contributed by atoms with van der Waals surface area (Å²) in [4.78, 5) is 15.8. The van der Waals surface area contributed by atoms with Crippen LogP contribution in [0, 0.1) is 0 Å². The highest BCUT2D eigenvalue weighted by molar-refractivity contribution is 7.99. The van der Waals surface area contributed by atoms with E-state index in [0.29, 0.717) is 17.5 Å². The summed E-state index contributed by atoms with van der Waals surface area (Å²) in [7, 11) is 0. The lowest BCUT2D eigenvalue weighted by Gasteiger charge is -2.17. The fourth-order valence-corrected chi connectivity index (χ4v) is 3.96. The largest absolute Gasteiger partial charge is 0.478 e. The van der Waals surface area contributed by atoms with Gasteiger partial charge in [-0.2, -0.15) is 11.8 Å². The Kier molecular flexibility index (Phi) is 3.46. The molecule has 1 N–H and O–H groups in total. The van der Waals surface area contributed by atoms with Gasteiger partial charge in [0, 0.05) is 17.7 Å². The van der Waals surface area contributed by atoms with Gasteiger partial charge in [-0.3, -0.25) is 0 Å². The number of carboxylic acid groups (broad SMARTS) is 1. The fourth-order valence-electron chi connectivity index (χ4n) is 2.77. The molecule has 106 valence electrons. The van der Waals surface area contributed by atoms with Crippen molar-refractivity contribution in [3.63, 3.8) is 0 Å². The van der Waals surface area contributed by atoms with E-state index in [2.05, 4.69) is 18.4 Å². The molecule has 1 atom stereocenters. The average molecular weight is 290 g/mol. The number of imidazole rings is 1. The molecule has 1 fully saturated rings. The topological polar surface area (TPSA) is 55.1 Å². The molecule has 0 aliphatic carbocycles. The fraction of sp³-hybridized carbons (Fsp3) is 0.467. The van der Waals surface area contributed by atoms with Gasteiger partial charge >= 0.3 is 5.97 Å². The number of fused-ring (bicyclic) bond motifs is 1. The van der Waals surface area contributed by atoms with Crippen LogP contribution in [-0.4, -0.2) is 32.1 Å². The second-order valence-electron chi connectivity index (χ2n) is 5.52. The summed E-state index contributed by atoms with van der Waals surface area (Å²) >= 11 is 1.97. The van der Waals surface area contributed by atoms with E-state index in [9.17, 15) is 4.79 Å². The molecule has 0 amide bonds. The van der Waals surface area contributed by atoms with Crippen molar-refractivity contribution in [1.29, 1.82) is 0 Å². The minimum Gasteiger partial charge on any atom is -0.478 e. The minimum atomic E-state index is -0.899. The molecule has 1 unspecified atom stereocenters. The first-order valence-electron chi connectivity index (χ1n) is 6.91. The van der Waals surface area contributed by atoms with Crippen molar-refractivity contribution in [1.82, 2.24) is 9.55 Å². The third-order valence-electron chi connectivity index (χ3n) is 3.75. The first kappa shape index (κ1) is 13.5. The van der Waals surface area contributed by atoms with Gasteiger partial charge < -0.3 is 9.67 Å². The van der Waals surface area contributed by atoms with Gasteiger partial charge in [-0.25, -0.2) is 9.78 Å². The van der Waals surface area contributed by atoms with Crippen LogP contribution in [0.2, 0.25) is 0 Å². The lowest BCUT2D eigenvalue weighted by atomic mass is 10.1. The van der Waals surface area contributed by atoms with Crippen molar-refractivity contribution in [2.45, 2.75) is 32.2 Å². The number of hydrogen-bond donors (Lipinski definition) is 1. The molecular formula is C15H18N2O2S. The summed E-state index contributed by atoms with van der Waals surface area (Å²) in [5.41, 5.74) is 2.16. The Bertz CT molecular complexity index is 657. The van der Waals surface area contributed by atoms with Crippen LogP contribution in [0.4, 0.5) is 0 Å². The van der Waals surface area contributed by atoms with E-state index in [1.165, 1.54) is 5.75 Å². The second kappa shape index (κ2) is 5.13. The summed E-state index contributed by atoms with van der Waals surface area (Å²) < 4.78 is 2.33. The SMILES string of the molecule is CC(C)c1nc2cc(C(=O)O)ccc2n1C1CCSC1. The zero-order chi connectivity index (χ0) is 14.3. The number of aromatic carboxylic acids is 1. The average Bonchev–Trinajstić information content (AvgIpc) is 3.03. The summed E-state index contributed by atoms with van der Waals surface area (Å²) in [5.74, 6) is 2.81. The maximum absolute atomic E-state index is 11.1. The molecule has 1 saturated heterocycles. The molecule has 3 rings (SSSR count). The molecule has 0 saturated carbocycles. The molecule has 1 aliphatic rings. The van der Waals surface area contributed by atoms with Crippen LogP contribution >= 0.6 is 11.8 Å². The molecule has 0 radical (unpaired) electrons. The molecule has 2 heterocycles. The third-order valence-corrected chi connectivity index (χ3v) is 4.90. The Morgan fingerprint density at radius 3 is 2.90 bits per heavy atom. The number of rotatable bonds is 3. The lowest BCUT2D eigenvalue weighted by Crippen LogP contribution is -2.12. The Balaban J connectivity index is 2.19. The number of nitrogens with zero attached hydrogens (tertiary/aromatic N) is 2. The molecule has 1 aromatic carbocycles. The number of hydrogen-bond acceptors (Lipinski definition) is 3. The molecule has 0 bridgehead atoms. The standard InChI is InChI=1S/C15H18N2O2S/c1-9(2)14-16-12-7-10(15(18)19)3-4-13(12)17(14)11-5-6-20-8-11/h3-4,7,9,11H,5-6,8H2,1-2H3,(H,18,19). The monoisotopic (exact) mass is 290 g/mol. The van der Waals surface area contributed by atoms with Crippen LogP contribution in [0.1, 0.15) is 48.4 Å². The first-order chi connectivity index (χ1) is 9.58. The van der Waals surface area contributed by atoms with Crippen molar-refractivity contribution < 1.29 is 9.90 Å². The summed E-state index contributed by atoms with van der Waals surface area (Å²) in [5, 5.41) is 9.10. The number of carbonyl (C=O) groups is 1. The Morgan fingerprint density at radius 2 is 2.30 bits per heavy atom. The van der Waals surface area contributed by atoms with Crippen molar-refractivity contribution in [3.8, 4) is 0 Å². The lowest BCUT2D eigenvalue weighted by molar-refractivity contribution is 0.0697. The van der Waals surface area contributed by atoms with E-state index in [1.54, 1.807) is 12.1 Å². The zero-order valence-electron chi connectivity index (χ0n) is 11.7. The Labute approximate surface area is 122 Å². The smallest absolute Gasteiger partial charge is 0.335 e. The van der Waals surface area contributed by atoms with Crippen LogP contribution in [0.25, 0.3) is 11.0 Å². The first-order valence-corrected chi connectivity index (χ1v) is 8.06. The Morgan fingerprint density at radius 1 is 1.50 bits per heavy atom. The molecular weight excluding hydrogens is 272 g/mol.